The third kappa shape index (κ3) is 8.39. The van der Waals surface area contributed by atoms with Crippen molar-refractivity contribution in [1.29, 1.82) is 0 Å². The molecule has 0 spiro atoms. The zero-order chi connectivity index (χ0) is 39.9. The standard InChI is InChI=1S/C41H56N6O9S/c1-3-28-22-41(28,39(50)45-57(52,53)32-14-15-32)44-36(48)34-21-31-24-47(34)38(49)35(25-9-6-7-10-25)43-40(51)46-17-16-30(23-46)55-18-8-4-5-11-27-19-26-12-13-29(54-2)20-33(26)42-37(27)56-31/h12-13,19-20,25,28,30-32,34-35H,3-11,14-18,21-24H2,1-2H3,(H,43,51)(H,44,48)(H,45,50)/t28-,30+,31-,34+,35+,41-/m1/s1. The van der Waals surface area contributed by atoms with Gasteiger partial charge in [-0.25, -0.2) is 18.2 Å². The number of rotatable bonds is 8. The van der Waals surface area contributed by atoms with Gasteiger partial charge < -0.3 is 34.6 Å². The molecule has 6 aliphatic rings. The molecular weight excluding hydrogens is 753 g/mol. The maximum Gasteiger partial charge on any atom is 0.318 e. The molecule has 16 heteroatoms. The van der Waals surface area contributed by atoms with Gasteiger partial charge in [0.1, 0.15) is 29.5 Å². The number of urea groups is 1. The largest absolute Gasteiger partial charge is 0.497 e. The molecule has 3 aliphatic heterocycles. The summed E-state index contributed by atoms with van der Waals surface area (Å²) < 4.78 is 46.3. The van der Waals surface area contributed by atoms with Crippen molar-refractivity contribution in [3.63, 3.8) is 0 Å². The lowest BCUT2D eigenvalue weighted by molar-refractivity contribution is -0.142. The summed E-state index contributed by atoms with van der Waals surface area (Å²) in [6.07, 6.45) is 8.67. The van der Waals surface area contributed by atoms with Crippen molar-refractivity contribution in [3.8, 4) is 11.6 Å². The van der Waals surface area contributed by atoms with Crippen LogP contribution in [-0.2, 0) is 35.6 Å². The monoisotopic (exact) mass is 808 g/mol. The molecule has 3 N–H and O–H groups in total. The number of aromatic nitrogens is 1. The van der Waals surface area contributed by atoms with Crippen molar-refractivity contribution in [2.24, 2.45) is 11.8 Å². The topological polar surface area (TPSA) is 186 Å². The number of benzene rings is 1. The van der Waals surface area contributed by atoms with Gasteiger partial charge in [-0.2, -0.15) is 0 Å². The predicted molar refractivity (Wildman–Crippen MR) is 210 cm³/mol. The fourth-order valence-corrected chi connectivity index (χ4v) is 10.7. The summed E-state index contributed by atoms with van der Waals surface area (Å²) in [5, 5.41) is 6.36. The molecule has 15 nitrogen and oxygen atoms in total. The van der Waals surface area contributed by atoms with Gasteiger partial charge in [-0.15, -0.1) is 0 Å². The fraction of sp³-hybridized carbons (Fsp3) is 0.683. The van der Waals surface area contributed by atoms with Crippen molar-refractivity contribution in [1.82, 2.24) is 30.1 Å². The number of ether oxygens (including phenoxy) is 3. The molecule has 0 unspecified atom stereocenters. The van der Waals surface area contributed by atoms with Crippen LogP contribution in [0.3, 0.4) is 0 Å². The first kappa shape index (κ1) is 39.6. The summed E-state index contributed by atoms with van der Waals surface area (Å²) in [5.74, 6) is -0.978. The molecule has 57 heavy (non-hydrogen) atoms. The van der Waals surface area contributed by atoms with Crippen LogP contribution in [0, 0.1) is 11.8 Å². The maximum atomic E-state index is 14.9. The van der Waals surface area contributed by atoms with E-state index in [9.17, 15) is 27.6 Å². The molecule has 4 bridgehead atoms. The number of pyridine rings is 1. The van der Waals surface area contributed by atoms with Gasteiger partial charge in [-0.05, 0) is 87.8 Å². The molecule has 310 valence electrons. The highest BCUT2D eigenvalue weighted by Gasteiger charge is 2.62. The third-order valence-corrected chi connectivity index (χ3v) is 14.8. The molecule has 5 fully saturated rings. The number of hydrogen-bond acceptors (Lipinski definition) is 10. The van der Waals surface area contributed by atoms with Gasteiger partial charge in [0.05, 0.1) is 30.5 Å². The highest BCUT2D eigenvalue weighted by molar-refractivity contribution is 7.91. The minimum Gasteiger partial charge on any atom is -0.497 e. The fourth-order valence-electron chi connectivity index (χ4n) is 9.38. The van der Waals surface area contributed by atoms with Crippen LogP contribution in [0.4, 0.5) is 4.79 Å². The Labute approximate surface area is 334 Å². The molecule has 4 heterocycles. The Morgan fingerprint density at radius 3 is 2.56 bits per heavy atom. The lowest BCUT2D eigenvalue weighted by atomic mass is 9.96. The third-order valence-electron chi connectivity index (χ3n) is 13.0. The summed E-state index contributed by atoms with van der Waals surface area (Å²) in [7, 11) is -2.26. The van der Waals surface area contributed by atoms with Crippen molar-refractivity contribution >= 4 is 44.7 Å². The van der Waals surface area contributed by atoms with Gasteiger partial charge in [0.25, 0.3) is 5.91 Å². The molecule has 5 amide bonds. The number of amides is 5. The van der Waals surface area contributed by atoms with Gasteiger partial charge in [-0.3, -0.25) is 19.1 Å². The highest BCUT2D eigenvalue weighted by Crippen LogP contribution is 2.47. The second-order valence-electron chi connectivity index (χ2n) is 16.9. The van der Waals surface area contributed by atoms with E-state index in [1.165, 1.54) is 4.90 Å². The lowest BCUT2D eigenvalue weighted by Crippen LogP contribution is -2.60. The summed E-state index contributed by atoms with van der Waals surface area (Å²) in [5.41, 5.74) is 0.185. The van der Waals surface area contributed by atoms with Crippen LogP contribution < -0.4 is 24.8 Å². The SMILES string of the molecule is CC[C@@H]1C[C@]1(NC(=O)[C@@H]1C[C@@H]2CN1C(=O)[C@H](C1CCCC1)NC(=O)N1CC[C@@H](C1)OCCCCCc1cc3ccc(OC)cc3nc1O2)C(=O)NS(=O)(=O)C1CC1. The number of aryl methyl sites for hydroxylation is 1. The predicted octanol–water partition coefficient (Wildman–Crippen LogP) is 3.57. The Bertz CT molecular complexity index is 1990. The van der Waals surface area contributed by atoms with E-state index >= 15 is 0 Å². The van der Waals surface area contributed by atoms with E-state index in [1.54, 1.807) is 12.0 Å². The first-order valence-corrected chi connectivity index (χ1v) is 22.5. The highest BCUT2D eigenvalue weighted by atomic mass is 32.2. The van der Waals surface area contributed by atoms with E-state index in [4.69, 9.17) is 19.2 Å². The van der Waals surface area contributed by atoms with Gasteiger partial charge in [0.15, 0.2) is 0 Å². The van der Waals surface area contributed by atoms with Crippen LogP contribution in [0.25, 0.3) is 10.9 Å². The van der Waals surface area contributed by atoms with E-state index in [0.29, 0.717) is 62.5 Å². The number of sulfonamides is 1. The molecule has 2 aromatic rings. The van der Waals surface area contributed by atoms with Crippen LogP contribution in [-0.4, -0.2) is 115 Å². The number of nitrogens with zero attached hydrogens (tertiary/aromatic N) is 3. The number of methoxy groups -OCH3 is 1. The minimum atomic E-state index is -3.86. The number of carbonyl (C=O) groups is 4. The number of fused-ring (bicyclic) bond motifs is 6. The van der Waals surface area contributed by atoms with Crippen molar-refractivity contribution < 1.29 is 41.8 Å². The summed E-state index contributed by atoms with van der Waals surface area (Å²) in [6.45, 7) is 3.51. The molecule has 3 saturated carbocycles. The van der Waals surface area contributed by atoms with E-state index in [1.807, 2.05) is 25.1 Å². The first-order chi connectivity index (χ1) is 27.5. The first-order valence-electron chi connectivity index (χ1n) is 21.0. The van der Waals surface area contributed by atoms with Crippen molar-refractivity contribution in [2.75, 3.05) is 33.4 Å². The van der Waals surface area contributed by atoms with Gasteiger partial charge in [0, 0.05) is 43.1 Å². The van der Waals surface area contributed by atoms with E-state index < -0.39 is 50.8 Å². The van der Waals surface area contributed by atoms with Crippen molar-refractivity contribution in [2.45, 2.75) is 132 Å². The summed E-state index contributed by atoms with van der Waals surface area (Å²) >= 11 is 0. The normalized spacial score (nSPS) is 30.1. The molecule has 2 saturated heterocycles. The molecule has 6 atom stereocenters. The van der Waals surface area contributed by atoms with Gasteiger partial charge >= 0.3 is 6.03 Å². The van der Waals surface area contributed by atoms with Crippen LogP contribution in [0.1, 0.15) is 96.0 Å². The zero-order valence-electron chi connectivity index (χ0n) is 33.0. The Morgan fingerprint density at radius 1 is 1.02 bits per heavy atom. The summed E-state index contributed by atoms with van der Waals surface area (Å²) in [4.78, 5) is 65.2. The second-order valence-corrected chi connectivity index (χ2v) is 18.9. The average Bonchev–Trinajstić information content (AvgIpc) is 3.97. The number of carbonyl (C=O) groups excluding carboxylic acids is 4. The van der Waals surface area contributed by atoms with Gasteiger partial charge in [0.2, 0.25) is 27.7 Å². The molecule has 8 rings (SSSR count). The van der Waals surface area contributed by atoms with Crippen LogP contribution in [0.2, 0.25) is 0 Å². The zero-order valence-corrected chi connectivity index (χ0v) is 33.8. The van der Waals surface area contributed by atoms with Gasteiger partial charge in [-0.1, -0.05) is 32.6 Å². The Morgan fingerprint density at radius 2 is 1.82 bits per heavy atom. The molecule has 1 aromatic carbocycles. The molecular formula is C41H56N6O9S. The Hall–Kier alpha value is -4.18. The second kappa shape index (κ2) is 16.2. The van der Waals surface area contributed by atoms with E-state index in [0.717, 1.165) is 62.3 Å². The van der Waals surface area contributed by atoms with E-state index in [-0.39, 0.29) is 49.3 Å². The Balaban J connectivity index is 1.12. The van der Waals surface area contributed by atoms with Crippen LogP contribution in [0.5, 0.6) is 11.6 Å². The number of hydrogen-bond donors (Lipinski definition) is 3. The van der Waals surface area contributed by atoms with Crippen LogP contribution >= 0.6 is 0 Å². The summed E-state index contributed by atoms with van der Waals surface area (Å²) in [6, 6.07) is 5.53. The molecule has 3 aliphatic carbocycles. The smallest absolute Gasteiger partial charge is 0.318 e. The minimum absolute atomic E-state index is 0.0549. The van der Waals surface area contributed by atoms with Crippen molar-refractivity contribution in [3.05, 3.63) is 29.8 Å². The Kier molecular flexibility index (Phi) is 11.3. The molecule has 0 radical (unpaired) electrons. The molecule has 1 aromatic heterocycles. The maximum absolute atomic E-state index is 14.9. The lowest BCUT2D eigenvalue weighted by Gasteiger charge is -2.33. The quantitative estimate of drug-likeness (QED) is 0.356. The number of nitrogens with one attached hydrogen (secondary N) is 3. The van der Waals surface area contributed by atoms with Crippen LogP contribution in [0.15, 0.2) is 24.3 Å². The van der Waals surface area contributed by atoms with E-state index in [2.05, 4.69) is 21.4 Å². The average molecular weight is 809 g/mol.